The smallest absolute Gasteiger partial charge is 0.312 e. The number of methoxy groups -OCH3 is 1. The van der Waals surface area contributed by atoms with Crippen molar-refractivity contribution in [2.45, 2.75) is 107 Å². The first kappa shape index (κ1) is 52.8. The van der Waals surface area contributed by atoms with Crippen LogP contribution in [0.2, 0.25) is 0 Å². The van der Waals surface area contributed by atoms with Gasteiger partial charge in [0.1, 0.15) is 27.6 Å². The molecule has 0 radical (unpaired) electrons. The monoisotopic (exact) mass is 1090 g/mol. The molecule has 410 valence electrons. The number of nitrogens with one attached hydrogen (secondary N) is 3. The number of nitro groups is 1. The lowest BCUT2D eigenvalue weighted by molar-refractivity contribution is -0.384. The largest absolute Gasteiger partial charge is 0.478 e. The maximum absolute atomic E-state index is 14.9. The summed E-state index contributed by atoms with van der Waals surface area (Å²) < 4.78 is 62.2. The van der Waals surface area contributed by atoms with Crippen LogP contribution in [0.4, 0.5) is 21.6 Å². The van der Waals surface area contributed by atoms with Gasteiger partial charge < -0.3 is 34.2 Å². The fraction of sp³-hybridized carbons (Fsp3) is 0.446. The molecule has 2 saturated carbocycles. The van der Waals surface area contributed by atoms with E-state index in [2.05, 4.69) is 87.8 Å². The van der Waals surface area contributed by atoms with E-state index in [0.717, 1.165) is 87.1 Å². The summed E-state index contributed by atoms with van der Waals surface area (Å²) in [6.07, 6.45) is 11.9. The molecule has 0 bridgehead atoms. The minimum atomic E-state index is -4.75. The van der Waals surface area contributed by atoms with Crippen molar-refractivity contribution in [3.63, 3.8) is 0 Å². The Morgan fingerprint density at radius 2 is 1.79 bits per heavy atom. The molecule has 4 fully saturated rings. The lowest BCUT2D eigenvalue weighted by Crippen LogP contribution is -2.60. The second kappa shape index (κ2) is 21.2. The predicted molar refractivity (Wildman–Crippen MR) is 290 cm³/mol. The molecule has 22 heteroatoms. The number of benzene rings is 2. The van der Waals surface area contributed by atoms with Crippen molar-refractivity contribution in [3.05, 3.63) is 124 Å². The highest BCUT2D eigenvalue weighted by Crippen LogP contribution is 2.54. The van der Waals surface area contributed by atoms with Gasteiger partial charge in [-0.3, -0.25) is 24.7 Å². The second-order valence-electron chi connectivity index (χ2n) is 22.2. The van der Waals surface area contributed by atoms with Crippen molar-refractivity contribution >= 4 is 55.4 Å². The van der Waals surface area contributed by atoms with Crippen LogP contribution >= 0.6 is 0 Å². The fourth-order valence-corrected chi connectivity index (χ4v) is 13.1. The minimum Gasteiger partial charge on any atom is -0.478 e. The van der Waals surface area contributed by atoms with Crippen LogP contribution in [0.15, 0.2) is 95.0 Å². The third kappa shape index (κ3) is 10.7. The van der Waals surface area contributed by atoms with E-state index in [4.69, 9.17) is 13.9 Å². The van der Waals surface area contributed by atoms with E-state index >= 15 is 0 Å². The Kier molecular flexibility index (Phi) is 14.3. The average molecular weight is 1090 g/mol. The summed E-state index contributed by atoms with van der Waals surface area (Å²) in [4.78, 5) is 52.7. The molecule has 2 aliphatic heterocycles. The Bertz CT molecular complexity index is 3490. The average Bonchev–Trinajstić information content (AvgIpc) is 4.21. The van der Waals surface area contributed by atoms with Crippen LogP contribution in [0, 0.1) is 27.3 Å². The zero-order valence-corrected chi connectivity index (χ0v) is 44.9. The molecule has 7 aromatic rings. The van der Waals surface area contributed by atoms with E-state index in [1.54, 1.807) is 25.3 Å². The molecule has 2 saturated heterocycles. The van der Waals surface area contributed by atoms with Crippen LogP contribution < -0.4 is 24.4 Å². The molecule has 5 aromatic heterocycles. The molecule has 11 rings (SSSR count). The number of carbonyl (C=O) groups excluding carboxylic acids is 1. The van der Waals surface area contributed by atoms with Crippen LogP contribution in [0.25, 0.3) is 22.3 Å². The third-order valence-electron chi connectivity index (χ3n) is 16.7. The highest BCUT2D eigenvalue weighted by molar-refractivity contribution is 7.90. The van der Waals surface area contributed by atoms with Gasteiger partial charge in [0.2, 0.25) is 11.5 Å². The van der Waals surface area contributed by atoms with Crippen LogP contribution in [0.3, 0.4) is 0 Å². The standard InChI is InChI=1S/C56H64FN11O9S/c1-34(2)40-7-5-6-8-41(40)46-32-65(31-36-13-18-58-54-49(36)62-33-76-54)21-22-67(46)38-26-56(27-38)16-19-66(20-17-56)37-9-10-42(47(23-37)77-48-25-43-44(57)30-61-50(43)63-53(48)75-4)52(69)64-78(73,74)39-24-45(68(71)72)51(60-29-39)59-28-35-11-14-55(3,70)15-12-35/h5-10,13,18,23-25,29-30,33-35,38,46,70H,11-12,14-17,19-22,26-28,31-32H2,1-4H3,(H,59,60)(H,61,63)(H,64,69)/t35?,46-,55?/m0/s1. The molecule has 1 amide bonds. The van der Waals surface area contributed by atoms with Crippen molar-refractivity contribution < 1.29 is 41.5 Å². The van der Waals surface area contributed by atoms with Crippen molar-refractivity contribution in [2.24, 2.45) is 11.3 Å². The van der Waals surface area contributed by atoms with Gasteiger partial charge in [-0.2, -0.15) is 4.98 Å². The molecule has 1 atom stereocenters. The predicted octanol–water partition coefficient (Wildman–Crippen LogP) is 9.25. The number of carbonyl (C=O) groups is 1. The van der Waals surface area contributed by atoms with Gasteiger partial charge in [0.25, 0.3) is 21.8 Å². The first-order chi connectivity index (χ1) is 37.4. The first-order valence-electron chi connectivity index (χ1n) is 26.7. The minimum absolute atomic E-state index is 0.0197. The van der Waals surface area contributed by atoms with Gasteiger partial charge in [-0.1, -0.05) is 38.1 Å². The zero-order chi connectivity index (χ0) is 54.5. The number of pyridine rings is 3. The maximum atomic E-state index is 14.9. The number of piperidine rings is 1. The number of fused-ring (bicyclic) bond motifs is 2. The van der Waals surface area contributed by atoms with Gasteiger partial charge >= 0.3 is 5.69 Å². The molecular weight excluding hydrogens is 1020 g/mol. The number of aliphatic hydroxyl groups is 1. The van der Waals surface area contributed by atoms with Crippen LogP contribution in [0.1, 0.15) is 111 Å². The molecule has 7 heterocycles. The molecule has 78 heavy (non-hydrogen) atoms. The topological polar surface area (TPSA) is 247 Å². The first-order valence-corrected chi connectivity index (χ1v) is 28.1. The third-order valence-corrected chi connectivity index (χ3v) is 18.0. The number of nitrogens with zero attached hydrogens (tertiary/aromatic N) is 8. The van der Waals surface area contributed by atoms with E-state index < -0.39 is 42.9 Å². The van der Waals surface area contributed by atoms with Gasteiger partial charge in [-0.25, -0.2) is 32.5 Å². The summed E-state index contributed by atoms with van der Waals surface area (Å²) in [5, 5.41) is 25.7. The number of rotatable bonds is 16. The zero-order valence-electron chi connectivity index (χ0n) is 44.1. The lowest BCUT2D eigenvalue weighted by Gasteiger charge is -2.58. The van der Waals surface area contributed by atoms with Crippen LogP contribution in [0.5, 0.6) is 17.4 Å². The summed E-state index contributed by atoms with van der Waals surface area (Å²) in [5.74, 6) is -1.42. The van der Waals surface area contributed by atoms with E-state index in [0.29, 0.717) is 63.0 Å². The Hall–Kier alpha value is -7.27. The van der Waals surface area contributed by atoms with Gasteiger partial charge in [0.05, 0.1) is 34.8 Å². The number of oxazole rings is 1. The van der Waals surface area contributed by atoms with Crippen molar-refractivity contribution in [1.29, 1.82) is 0 Å². The Morgan fingerprint density at radius 3 is 2.55 bits per heavy atom. The molecular formula is C56H64FN11O9S. The van der Waals surface area contributed by atoms with Crippen molar-refractivity contribution in [1.82, 2.24) is 39.4 Å². The number of hydrogen-bond donors (Lipinski definition) is 4. The quantitative estimate of drug-likeness (QED) is 0.0520. The summed E-state index contributed by atoms with van der Waals surface area (Å²) in [7, 11) is -3.38. The number of aromatic amines is 1. The number of hydrogen-bond acceptors (Lipinski definition) is 17. The van der Waals surface area contributed by atoms with Crippen LogP contribution in [-0.2, 0) is 16.6 Å². The van der Waals surface area contributed by atoms with E-state index in [-0.39, 0.29) is 57.2 Å². The van der Waals surface area contributed by atoms with E-state index in [1.165, 1.54) is 36.8 Å². The molecule has 20 nitrogen and oxygen atoms in total. The summed E-state index contributed by atoms with van der Waals surface area (Å²) in [6.45, 7) is 11.5. The Labute approximate surface area is 451 Å². The Morgan fingerprint density at radius 1 is 1.01 bits per heavy atom. The van der Waals surface area contributed by atoms with Gasteiger partial charge in [0, 0.05) is 94.2 Å². The normalized spacial score (nSPS) is 21.2. The fourth-order valence-electron chi connectivity index (χ4n) is 12.2. The molecule has 2 aliphatic carbocycles. The molecule has 4 aliphatic rings. The molecule has 4 N–H and O–H groups in total. The number of sulfonamides is 1. The highest BCUT2D eigenvalue weighted by Gasteiger charge is 2.50. The number of ether oxygens (including phenoxy) is 2. The molecule has 2 aromatic carbocycles. The van der Waals surface area contributed by atoms with E-state index in [9.17, 15) is 32.8 Å². The van der Waals surface area contributed by atoms with Gasteiger partial charge in [-0.15, -0.1) is 0 Å². The number of H-pyrrole nitrogens is 1. The number of anilines is 2. The van der Waals surface area contributed by atoms with Gasteiger partial charge in [-0.05, 0) is 110 Å². The molecule has 1 spiro atoms. The molecule has 0 unspecified atom stereocenters. The number of halogens is 1. The number of aromatic nitrogens is 5. The maximum Gasteiger partial charge on any atom is 0.312 e. The number of piperazine rings is 1. The van der Waals surface area contributed by atoms with E-state index in [1.807, 2.05) is 6.07 Å². The SMILES string of the molecule is COc1nc2[nH]cc(F)c2cc1Oc1cc(N2CCC3(CC2)CC(N2CCN(Cc4ccnc5ocnc45)C[C@H]2c2ccccc2C(C)C)C3)ccc1C(=O)NS(=O)(=O)c1cnc(NCC2CCC(C)(O)CC2)c([N+](=O)[O-])c1. The van der Waals surface area contributed by atoms with Crippen LogP contribution in [-0.4, -0.2) is 117 Å². The number of amides is 1. The Balaban J connectivity index is 0.806. The summed E-state index contributed by atoms with van der Waals surface area (Å²) >= 11 is 0. The summed E-state index contributed by atoms with van der Waals surface area (Å²) in [6, 6.07) is 18.6. The summed E-state index contributed by atoms with van der Waals surface area (Å²) in [5.41, 5.74) is 4.73. The second-order valence-corrected chi connectivity index (χ2v) is 23.8. The van der Waals surface area contributed by atoms with Crippen molar-refractivity contribution in [2.75, 3.05) is 56.6 Å². The van der Waals surface area contributed by atoms with Crippen molar-refractivity contribution in [3.8, 4) is 17.4 Å². The highest BCUT2D eigenvalue weighted by atomic mass is 32.2. The lowest BCUT2D eigenvalue weighted by atomic mass is 9.59. The van der Waals surface area contributed by atoms with Gasteiger partial charge in [0.15, 0.2) is 12.1 Å².